The van der Waals surface area contributed by atoms with Crippen molar-refractivity contribution in [3.63, 3.8) is 0 Å². The standard InChI is InChI=1S/C21H21ClFN5O2/c22-14-5-7-15(8-6-14)24-20(30)17-13-19(29)26-21(25-17)28-11-9-27(10-12-28)18-4-2-1-3-16(18)23/h1-8,17H,9-13H2,(H,24,30)(H,25,26,29). The van der Waals surface area contributed by atoms with Gasteiger partial charge in [-0.3, -0.25) is 14.9 Å². The van der Waals surface area contributed by atoms with Gasteiger partial charge in [0.2, 0.25) is 17.8 Å². The maximum Gasteiger partial charge on any atom is 0.249 e. The number of nitrogens with one attached hydrogen (secondary N) is 2. The van der Waals surface area contributed by atoms with E-state index in [0.29, 0.717) is 48.5 Å². The molecule has 0 aliphatic carbocycles. The molecular formula is C21H21ClFN5O2. The summed E-state index contributed by atoms with van der Waals surface area (Å²) in [6.45, 7) is 2.27. The molecule has 30 heavy (non-hydrogen) atoms. The summed E-state index contributed by atoms with van der Waals surface area (Å²) in [4.78, 5) is 33.1. The Hall–Kier alpha value is -3.13. The summed E-state index contributed by atoms with van der Waals surface area (Å²) < 4.78 is 14.0. The van der Waals surface area contributed by atoms with Crippen LogP contribution in [-0.4, -0.2) is 54.9 Å². The van der Waals surface area contributed by atoms with Crippen LogP contribution >= 0.6 is 11.6 Å². The van der Waals surface area contributed by atoms with Gasteiger partial charge in [-0.2, -0.15) is 0 Å². The van der Waals surface area contributed by atoms with Crippen molar-refractivity contribution in [3.8, 4) is 0 Å². The molecule has 0 aromatic heterocycles. The van der Waals surface area contributed by atoms with Crippen LogP contribution in [0.4, 0.5) is 15.8 Å². The lowest BCUT2D eigenvalue weighted by Gasteiger charge is -2.38. The van der Waals surface area contributed by atoms with Gasteiger partial charge in [0.15, 0.2) is 0 Å². The van der Waals surface area contributed by atoms with E-state index in [9.17, 15) is 14.0 Å². The third kappa shape index (κ3) is 4.54. The van der Waals surface area contributed by atoms with Crippen LogP contribution in [0.5, 0.6) is 0 Å². The van der Waals surface area contributed by atoms with Gasteiger partial charge in [0.05, 0.1) is 12.1 Å². The Bertz CT molecular complexity index is 974. The number of benzene rings is 2. The Morgan fingerprint density at radius 2 is 1.73 bits per heavy atom. The Kier molecular flexibility index (Phi) is 5.85. The number of aliphatic imine (C=N–C) groups is 1. The minimum Gasteiger partial charge on any atom is -0.366 e. The number of guanidine groups is 1. The molecule has 1 unspecified atom stereocenters. The number of nitrogens with zero attached hydrogens (tertiary/aromatic N) is 3. The summed E-state index contributed by atoms with van der Waals surface area (Å²) >= 11 is 5.86. The van der Waals surface area contributed by atoms with Crippen LogP contribution in [0.1, 0.15) is 6.42 Å². The van der Waals surface area contributed by atoms with Crippen molar-refractivity contribution >= 4 is 40.7 Å². The van der Waals surface area contributed by atoms with Gasteiger partial charge in [-0.05, 0) is 36.4 Å². The number of hydrogen-bond acceptors (Lipinski definition) is 5. The van der Waals surface area contributed by atoms with Crippen LogP contribution in [0.3, 0.4) is 0 Å². The van der Waals surface area contributed by atoms with Crippen molar-refractivity contribution < 1.29 is 14.0 Å². The lowest BCUT2D eigenvalue weighted by Crippen LogP contribution is -2.56. The minimum absolute atomic E-state index is 0.0158. The van der Waals surface area contributed by atoms with Gasteiger partial charge in [0.1, 0.15) is 11.9 Å². The van der Waals surface area contributed by atoms with E-state index < -0.39 is 6.04 Å². The van der Waals surface area contributed by atoms with Gasteiger partial charge < -0.3 is 15.1 Å². The van der Waals surface area contributed by atoms with Crippen molar-refractivity contribution in [1.29, 1.82) is 0 Å². The molecule has 0 saturated carbocycles. The number of hydrogen-bond donors (Lipinski definition) is 2. The average Bonchev–Trinajstić information content (AvgIpc) is 2.75. The third-order valence-electron chi connectivity index (χ3n) is 5.09. The van der Waals surface area contributed by atoms with Gasteiger partial charge >= 0.3 is 0 Å². The molecule has 1 fully saturated rings. The number of anilines is 2. The molecule has 9 heteroatoms. The van der Waals surface area contributed by atoms with E-state index in [1.54, 1.807) is 42.5 Å². The van der Waals surface area contributed by atoms with Gasteiger partial charge in [0.25, 0.3) is 0 Å². The molecule has 2 aromatic rings. The highest BCUT2D eigenvalue weighted by Crippen LogP contribution is 2.21. The molecular weight excluding hydrogens is 409 g/mol. The highest BCUT2D eigenvalue weighted by atomic mass is 35.5. The fraction of sp³-hybridized carbons (Fsp3) is 0.286. The molecule has 2 heterocycles. The predicted molar refractivity (Wildman–Crippen MR) is 114 cm³/mol. The number of amides is 2. The molecule has 2 aliphatic heterocycles. The fourth-order valence-electron chi connectivity index (χ4n) is 3.52. The first-order valence-corrected chi connectivity index (χ1v) is 10.1. The first-order valence-electron chi connectivity index (χ1n) is 9.68. The van der Waals surface area contributed by atoms with Crippen LogP contribution in [0.25, 0.3) is 0 Å². The maximum absolute atomic E-state index is 14.0. The Morgan fingerprint density at radius 1 is 1.07 bits per heavy atom. The molecule has 0 spiro atoms. The smallest absolute Gasteiger partial charge is 0.249 e. The Morgan fingerprint density at radius 3 is 2.43 bits per heavy atom. The zero-order chi connectivity index (χ0) is 21.1. The van der Waals surface area contributed by atoms with E-state index in [1.807, 2.05) is 9.80 Å². The van der Waals surface area contributed by atoms with Crippen LogP contribution < -0.4 is 15.5 Å². The largest absolute Gasteiger partial charge is 0.366 e. The first-order chi connectivity index (χ1) is 14.5. The molecule has 1 atom stereocenters. The molecule has 0 radical (unpaired) electrons. The Balaban J connectivity index is 1.41. The SMILES string of the molecule is O=C1CC(C(=O)Nc2ccc(Cl)cc2)N=C(N2CCN(c3ccccc3F)CC2)N1. The summed E-state index contributed by atoms with van der Waals surface area (Å²) in [5.74, 6) is -0.480. The Labute approximate surface area is 178 Å². The molecule has 2 aliphatic rings. The third-order valence-corrected chi connectivity index (χ3v) is 5.35. The summed E-state index contributed by atoms with van der Waals surface area (Å²) in [5, 5.41) is 6.09. The molecule has 2 N–H and O–H groups in total. The second-order valence-corrected chi connectivity index (χ2v) is 7.58. The number of halogens is 2. The van der Waals surface area contributed by atoms with Gasteiger partial charge in [-0.25, -0.2) is 9.38 Å². The summed E-state index contributed by atoms with van der Waals surface area (Å²) in [7, 11) is 0. The number of para-hydroxylation sites is 1. The second-order valence-electron chi connectivity index (χ2n) is 7.14. The molecule has 1 saturated heterocycles. The number of carbonyl (C=O) groups is 2. The van der Waals surface area contributed by atoms with Gasteiger partial charge in [-0.1, -0.05) is 23.7 Å². The van der Waals surface area contributed by atoms with E-state index >= 15 is 0 Å². The maximum atomic E-state index is 14.0. The average molecular weight is 430 g/mol. The van der Waals surface area contributed by atoms with Gasteiger partial charge in [-0.15, -0.1) is 0 Å². The molecule has 156 valence electrons. The molecule has 0 bridgehead atoms. The van der Waals surface area contributed by atoms with E-state index in [2.05, 4.69) is 15.6 Å². The summed E-state index contributed by atoms with van der Waals surface area (Å²) in [6.07, 6.45) is -0.0158. The molecule has 2 amide bonds. The predicted octanol–water partition coefficient (Wildman–Crippen LogP) is 2.48. The monoisotopic (exact) mass is 429 g/mol. The number of carbonyl (C=O) groups excluding carboxylic acids is 2. The topological polar surface area (TPSA) is 77.0 Å². The zero-order valence-corrected chi connectivity index (χ0v) is 16.9. The quantitative estimate of drug-likeness (QED) is 0.786. The van der Waals surface area contributed by atoms with Crippen LogP contribution in [0, 0.1) is 5.82 Å². The fourth-order valence-corrected chi connectivity index (χ4v) is 3.64. The van der Waals surface area contributed by atoms with Crippen LogP contribution in [0.15, 0.2) is 53.5 Å². The molecule has 4 rings (SSSR count). The molecule has 2 aromatic carbocycles. The van der Waals surface area contributed by atoms with Crippen LogP contribution in [-0.2, 0) is 9.59 Å². The zero-order valence-electron chi connectivity index (χ0n) is 16.1. The second kappa shape index (κ2) is 8.71. The lowest BCUT2D eigenvalue weighted by molar-refractivity contribution is -0.125. The van der Waals surface area contributed by atoms with Crippen molar-refractivity contribution in [2.24, 2.45) is 4.99 Å². The number of rotatable bonds is 3. The van der Waals surface area contributed by atoms with Crippen molar-refractivity contribution in [3.05, 3.63) is 59.4 Å². The minimum atomic E-state index is -0.811. The highest BCUT2D eigenvalue weighted by Gasteiger charge is 2.31. The van der Waals surface area contributed by atoms with Crippen molar-refractivity contribution in [2.75, 3.05) is 36.4 Å². The lowest BCUT2D eigenvalue weighted by atomic mass is 10.1. The highest BCUT2D eigenvalue weighted by molar-refractivity contribution is 6.30. The molecule has 7 nitrogen and oxygen atoms in total. The van der Waals surface area contributed by atoms with E-state index in [-0.39, 0.29) is 24.1 Å². The van der Waals surface area contributed by atoms with E-state index in [4.69, 9.17) is 11.6 Å². The van der Waals surface area contributed by atoms with Crippen molar-refractivity contribution in [1.82, 2.24) is 10.2 Å². The first kappa shape index (κ1) is 20.2. The van der Waals surface area contributed by atoms with E-state index in [1.165, 1.54) is 6.07 Å². The van der Waals surface area contributed by atoms with E-state index in [0.717, 1.165) is 0 Å². The van der Waals surface area contributed by atoms with Crippen molar-refractivity contribution in [2.45, 2.75) is 12.5 Å². The van der Waals surface area contributed by atoms with Crippen LogP contribution in [0.2, 0.25) is 5.02 Å². The normalized spacial score (nSPS) is 19.2. The summed E-state index contributed by atoms with van der Waals surface area (Å²) in [6, 6.07) is 12.6. The summed E-state index contributed by atoms with van der Waals surface area (Å²) in [5.41, 5.74) is 1.15. The number of piperazine rings is 1. The van der Waals surface area contributed by atoms with Gasteiger partial charge in [0, 0.05) is 36.9 Å².